The predicted molar refractivity (Wildman–Crippen MR) is 88.2 cm³/mol. The molecule has 0 spiro atoms. The molecule has 1 saturated heterocycles. The fourth-order valence-electron chi connectivity index (χ4n) is 3.52. The van der Waals surface area contributed by atoms with E-state index in [0.29, 0.717) is 6.10 Å². The first kappa shape index (κ1) is 15.2. The Morgan fingerprint density at radius 2 is 1.95 bits per heavy atom. The number of hydrogen-bond donors (Lipinski definition) is 1. The molecule has 1 atom stereocenters. The Kier molecular flexibility index (Phi) is 4.46. The van der Waals surface area contributed by atoms with Gasteiger partial charge in [-0.2, -0.15) is 0 Å². The summed E-state index contributed by atoms with van der Waals surface area (Å²) in [5.74, 6) is 1.71. The summed E-state index contributed by atoms with van der Waals surface area (Å²) in [6, 6.07) is 4.21. The van der Waals surface area contributed by atoms with Gasteiger partial charge in [-0.25, -0.2) is 0 Å². The molecule has 0 radical (unpaired) electrons. The van der Waals surface area contributed by atoms with E-state index in [4.69, 9.17) is 9.47 Å². The molecule has 1 heterocycles. The van der Waals surface area contributed by atoms with Crippen molar-refractivity contribution in [2.24, 2.45) is 0 Å². The van der Waals surface area contributed by atoms with Gasteiger partial charge in [0.05, 0.1) is 13.2 Å². The van der Waals surface area contributed by atoms with Crippen LogP contribution in [0.1, 0.15) is 51.0 Å². The van der Waals surface area contributed by atoms with Gasteiger partial charge in [0.25, 0.3) is 0 Å². The van der Waals surface area contributed by atoms with Crippen molar-refractivity contribution < 1.29 is 9.47 Å². The molecule has 0 bridgehead atoms. The minimum atomic E-state index is 0.0258. The van der Waals surface area contributed by atoms with Crippen molar-refractivity contribution >= 4 is 15.9 Å². The lowest BCUT2D eigenvalue weighted by Crippen LogP contribution is -2.33. The van der Waals surface area contributed by atoms with Gasteiger partial charge >= 0.3 is 0 Å². The first-order valence-electron chi connectivity index (χ1n) is 7.92. The summed E-state index contributed by atoms with van der Waals surface area (Å²) in [5, 5.41) is 3.61. The quantitative estimate of drug-likeness (QED) is 0.871. The predicted octanol–water partition coefficient (Wildman–Crippen LogP) is 4.38. The molecule has 21 heavy (non-hydrogen) atoms. The van der Waals surface area contributed by atoms with Crippen LogP contribution in [0.4, 0.5) is 0 Å². The molecule has 1 aliphatic heterocycles. The van der Waals surface area contributed by atoms with Crippen molar-refractivity contribution in [2.45, 2.75) is 57.1 Å². The molecule has 1 aliphatic carbocycles. The van der Waals surface area contributed by atoms with Crippen LogP contribution in [0.2, 0.25) is 0 Å². The first-order chi connectivity index (χ1) is 10.1. The Labute approximate surface area is 135 Å². The van der Waals surface area contributed by atoms with E-state index in [2.05, 4.69) is 40.3 Å². The Morgan fingerprint density at radius 3 is 2.57 bits per heavy atom. The summed E-state index contributed by atoms with van der Waals surface area (Å²) in [4.78, 5) is 0. The zero-order valence-corrected chi connectivity index (χ0v) is 14.5. The number of hydrogen-bond acceptors (Lipinski definition) is 3. The van der Waals surface area contributed by atoms with Gasteiger partial charge in [-0.15, -0.1) is 0 Å². The summed E-state index contributed by atoms with van der Waals surface area (Å²) < 4.78 is 12.8. The molecule has 2 aliphatic rings. The lowest BCUT2D eigenvalue weighted by Gasteiger charge is -2.28. The average Bonchev–Trinajstić information content (AvgIpc) is 3.11. The van der Waals surface area contributed by atoms with E-state index < -0.39 is 0 Å². The van der Waals surface area contributed by atoms with E-state index in [1.807, 2.05) is 0 Å². The highest BCUT2D eigenvalue weighted by molar-refractivity contribution is 9.10. The molecule has 1 aromatic carbocycles. The van der Waals surface area contributed by atoms with Crippen molar-refractivity contribution in [3.63, 3.8) is 0 Å². The molecule has 0 aromatic heterocycles. The minimum Gasteiger partial charge on any atom is -0.493 e. The van der Waals surface area contributed by atoms with Gasteiger partial charge in [-0.05, 0) is 69.7 Å². The standard InChI is InChI=1S/C17H24BrNO2/c1-17(8-5-9-19-17)13-10-15(20-2)16(11-14(13)18)21-12-6-3-4-7-12/h10-12,19H,3-9H2,1-2H3. The normalized spacial score (nSPS) is 26.2. The van der Waals surface area contributed by atoms with Crippen LogP contribution in [0.5, 0.6) is 11.5 Å². The highest BCUT2D eigenvalue weighted by Crippen LogP contribution is 2.42. The molecular weight excluding hydrogens is 330 g/mol. The summed E-state index contributed by atoms with van der Waals surface area (Å²) >= 11 is 3.73. The van der Waals surface area contributed by atoms with Crippen molar-refractivity contribution in [1.29, 1.82) is 0 Å². The number of halogens is 1. The SMILES string of the molecule is COc1cc(C2(C)CCCN2)c(Br)cc1OC1CCCC1. The van der Waals surface area contributed by atoms with E-state index in [-0.39, 0.29) is 5.54 Å². The summed E-state index contributed by atoms with van der Waals surface area (Å²) in [7, 11) is 1.72. The summed E-state index contributed by atoms with van der Waals surface area (Å²) in [5.41, 5.74) is 1.29. The van der Waals surface area contributed by atoms with Gasteiger partial charge in [0.2, 0.25) is 0 Å². The van der Waals surface area contributed by atoms with E-state index in [0.717, 1.165) is 41.8 Å². The maximum atomic E-state index is 6.15. The molecule has 2 fully saturated rings. The Morgan fingerprint density at radius 1 is 1.19 bits per heavy atom. The third-order valence-electron chi connectivity index (χ3n) is 4.81. The van der Waals surface area contributed by atoms with Gasteiger partial charge in [0.1, 0.15) is 0 Å². The summed E-state index contributed by atoms with van der Waals surface area (Å²) in [6.07, 6.45) is 7.56. The van der Waals surface area contributed by atoms with Gasteiger partial charge in [0, 0.05) is 10.0 Å². The smallest absolute Gasteiger partial charge is 0.162 e. The van der Waals surface area contributed by atoms with Crippen molar-refractivity contribution in [3.8, 4) is 11.5 Å². The summed E-state index contributed by atoms with van der Waals surface area (Å²) in [6.45, 7) is 3.34. The van der Waals surface area contributed by atoms with E-state index >= 15 is 0 Å². The first-order valence-corrected chi connectivity index (χ1v) is 8.71. The lowest BCUT2D eigenvalue weighted by molar-refractivity contribution is 0.200. The number of ether oxygens (including phenoxy) is 2. The van der Waals surface area contributed by atoms with Crippen LogP contribution in [0.25, 0.3) is 0 Å². The van der Waals surface area contributed by atoms with Crippen LogP contribution in [-0.4, -0.2) is 19.8 Å². The van der Waals surface area contributed by atoms with Gasteiger partial charge < -0.3 is 14.8 Å². The number of benzene rings is 1. The second kappa shape index (κ2) is 6.17. The Balaban J connectivity index is 1.90. The number of nitrogens with one attached hydrogen (secondary N) is 1. The Hall–Kier alpha value is -0.740. The molecule has 3 rings (SSSR count). The Bertz CT molecular complexity index is 506. The van der Waals surface area contributed by atoms with E-state index in [1.165, 1.54) is 24.8 Å². The molecule has 116 valence electrons. The van der Waals surface area contributed by atoms with E-state index in [1.54, 1.807) is 7.11 Å². The molecule has 0 amide bonds. The minimum absolute atomic E-state index is 0.0258. The topological polar surface area (TPSA) is 30.5 Å². The molecule has 1 N–H and O–H groups in total. The molecule has 1 unspecified atom stereocenters. The molecule has 4 heteroatoms. The zero-order valence-electron chi connectivity index (χ0n) is 12.9. The molecular formula is C17H24BrNO2. The third-order valence-corrected chi connectivity index (χ3v) is 5.47. The molecule has 3 nitrogen and oxygen atoms in total. The van der Waals surface area contributed by atoms with E-state index in [9.17, 15) is 0 Å². The average molecular weight is 354 g/mol. The van der Waals surface area contributed by atoms with Gasteiger partial charge in [-0.3, -0.25) is 0 Å². The van der Waals surface area contributed by atoms with Crippen molar-refractivity contribution in [2.75, 3.05) is 13.7 Å². The molecule has 1 aromatic rings. The monoisotopic (exact) mass is 353 g/mol. The fraction of sp³-hybridized carbons (Fsp3) is 0.647. The second-order valence-corrected chi connectivity index (χ2v) is 7.22. The largest absolute Gasteiger partial charge is 0.493 e. The van der Waals surface area contributed by atoms with Crippen LogP contribution in [-0.2, 0) is 5.54 Å². The van der Waals surface area contributed by atoms with Crippen LogP contribution in [0, 0.1) is 0 Å². The van der Waals surface area contributed by atoms with Crippen LogP contribution in [0.3, 0.4) is 0 Å². The third kappa shape index (κ3) is 3.07. The zero-order chi connectivity index (χ0) is 14.9. The highest BCUT2D eigenvalue weighted by Gasteiger charge is 2.33. The maximum Gasteiger partial charge on any atom is 0.162 e. The van der Waals surface area contributed by atoms with Crippen molar-refractivity contribution in [1.82, 2.24) is 5.32 Å². The fourth-order valence-corrected chi connectivity index (χ4v) is 4.28. The number of rotatable bonds is 4. The van der Waals surface area contributed by atoms with Crippen LogP contribution < -0.4 is 14.8 Å². The van der Waals surface area contributed by atoms with Gasteiger partial charge in [0.15, 0.2) is 11.5 Å². The maximum absolute atomic E-state index is 6.15. The van der Waals surface area contributed by atoms with Crippen molar-refractivity contribution in [3.05, 3.63) is 22.2 Å². The highest BCUT2D eigenvalue weighted by atomic mass is 79.9. The second-order valence-electron chi connectivity index (χ2n) is 6.37. The number of methoxy groups -OCH3 is 1. The van der Waals surface area contributed by atoms with Crippen LogP contribution >= 0.6 is 15.9 Å². The van der Waals surface area contributed by atoms with Crippen LogP contribution in [0.15, 0.2) is 16.6 Å². The molecule has 1 saturated carbocycles. The van der Waals surface area contributed by atoms with Gasteiger partial charge in [-0.1, -0.05) is 15.9 Å². The lowest BCUT2D eigenvalue weighted by atomic mass is 9.90.